The number of nitrogens with zero attached hydrogens (tertiary/aromatic N) is 4. The van der Waals surface area contributed by atoms with Crippen LogP contribution >= 0.6 is 0 Å². The van der Waals surface area contributed by atoms with Gasteiger partial charge in [-0.25, -0.2) is 9.97 Å². The van der Waals surface area contributed by atoms with Crippen molar-refractivity contribution in [1.82, 2.24) is 15.0 Å². The van der Waals surface area contributed by atoms with Crippen molar-refractivity contribution in [2.75, 3.05) is 30.3 Å². The maximum Gasteiger partial charge on any atom is 0.417 e. The summed E-state index contributed by atoms with van der Waals surface area (Å²) in [6.45, 7) is 1.31. The Kier molecular flexibility index (Phi) is 4.03. The van der Waals surface area contributed by atoms with Crippen LogP contribution in [0.25, 0.3) is 0 Å². The third kappa shape index (κ3) is 3.34. The number of ether oxygens (including phenoxy) is 1. The Hall–Kier alpha value is -2.42. The lowest BCUT2D eigenvalue weighted by atomic mass is 10.2. The first-order valence-corrected chi connectivity index (χ1v) is 6.91. The minimum Gasteiger partial charge on any atom is -0.382 e. The molecule has 1 aliphatic heterocycles. The van der Waals surface area contributed by atoms with Gasteiger partial charge in [0.15, 0.2) is 0 Å². The van der Waals surface area contributed by atoms with Gasteiger partial charge >= 0.3 is 6.18 Å². The first-order valence-electron chi connectivity index (χ1n) is 6.91. The van der Waals surface area contributed by atoms with E-state index in [0.29, 0.717) is 31.2 Å². The molecule has 122 valence electrons. The molecule has 1 unspecified atom stereocenters. The fourth-order valence-electron chi connectivity index (χ4n) is 2.37. The number of pyridine rings is 1. The van der Waals surface area contributed by atoms with Crippen molar-refractivity contribution < 1.29 is 17.9 Å². The van der Waals surface area contributed by atoms with Crippen LogP contribution in [0.2, 0.25) is 0 Å². The van der Waals surface area contributed by atoms with E-state index in [0.717, 1.165) is 12.3 Å². The van der Waals surface area contributed by atoms with E-state index in [4.69, 9.17) is 10.5 Å². The van der Waals surface area contributed by atoms with Crippen LogP contribution in [0.3, 0.4) is 0 Å². The van der Waals surface area contributed by atoms with E-state index in [1.807, 2.05) is 4.90 Å². The molecule has 1 saturated heterocycles. The van der Waals surface area contributed by atoms with E-state index >= 15 is 0 Å². The Bertz CT molecular complexity index is 677. The van der Waals surface area contributed by atoms with Gasteiger partial charge in [0.1, 0.15) is 23.4 Å². The van der Waals surface area contributed by atoms with Crippen LogP contribution in [0.1, 0.15) is 17.4 Å². The highest BCUT2D eigenvalue weighted by Gasteiger charge is 2.31. The number of alkyl halides is 3. The third-order valence-electron chi connectivity index (χ3n) is 3.53. The zero-order valence-corrected chi connectivity index (χ0v) is 12.0. The maximum absolute atomic E-state index is 12.6. The molecule has 3 heterocycles. The van der Waals surface area contributed by atoms with Crippen molar-refractivity contribution in [2.24, 2.45) is 0 Å². The van der Waals surface area contributed by atoms with E-state index in [-0.39, 0.29) is 5.82 Å². The van der Waals surface area contributed by atoms with Gasteiger partial charge in [-0.2, -0.15) is 13.2 Å². The normalized spacial score (nSPS) is 18.9. The summed E-state index contributed by atoms with van der Waals surface area (Å²) in [6.07, 6.45) is -0.966. The summed E-state index contributed by atoms with van der Waals surface area (Å²) < 4.78 is 43.4. The van der Waals surface area contributed by atoms with Crippen molar-refractivity contribution in [1.29, 1.82) is 0 Å². The van der Waals surface area contributed by atoms with Crippen LogP contribution in [0.4, 0.5) is 24.8 Å². The fraction of sp³-hybridized carbons (Fsp3) is 0.357. The highest BCUT2D eigenvalue weighted by molar-refractivity contribution is 5.42. The second-order valence-corrected chi connectivity index (χ2v) is 5.04. The number of halogens is 3. The molecule has 1 fully saturated rings. The van der Waals surface area contributed by atoms with Crippen molar-refractivity contribution in [3.8, 4) is 0 Å². The molecular formula is C14H14F3N5O. The van der Waals surface area contributed by atoms with E-state index < -0.39 is 17.8 Å². The number of rotatable bonds is 2. The van der Waals surface area contributed by atoms with Gasteiger partial charge in [0.25, 0.3) is 0 Å². The van der Waals surface area contributed by atoms with Crippen LogP contribution in [0.5, 0.6) is 0 Å². The number of aromatic nitrogens is 3. The van der Waals surface area contributed by atoms with Gasteiger partial charge in [0, 0.05) is 25.1 Å². The fourth-order valence-corrected chi connectivity index (χ4v) is 2.37. The zero-order chi connectivity index (χ0) is 16.4. The molecule has 0 amide bonds. The predicted octanol–water partition coefficient (Wildman–Crippen LogP) is 2.05. The predicted molar refractivity (Wildman–Crippen MR) is 76.6 cm³/mol. The largest absolute Gasteiger partial charge is 0.417 e. The number of morpholine rings is 1. The summed E-state index contributed by atoms with van der Waals surface area (Å²) in [5.41, 5.74) is 5.53. The van der Waals surface area contributed by atoms with Gasteiger partial charge in [-0.15, -0.1) is 0 Å². The molecule has 0 spiro atoms. The van der Waals surface area contributed by atoms with Gasteiger partial charge < -0.3 is 15.4 Å². The summed E-state index contributed by atoms with van der Waals surface area (Å²) in [6, 6.07) is 2.37. The number of nitrogens with two attached hydrogens (primary N) is 1. The molecule has 2 N–H and O–H groups in total. The average molecular weight is 325 g/mol. The van der Waals surface area contributed by atoms with Gasteiger partial charge in [0.05, 0.1) is 18.7 Å². The summed E-state index contributed by atoms with van der Waals surface area (Å²) in [5, 5.41) is 0. The van der Waals surface area contributed by atoms with Crippen molar-refractivity contribution in [3.05, 3.63) is 42.0 Å². The van der Waals surface area contributed by atoms with Crippen molar-refractivity contribution >= 4 is 11.6 Å². The lowest BCUT2D eigenvalue weighted by molar-refractivity contribution is -0.137. The van der Waals surface area contributed by atoms with Crippen LogP contribution in [0.15, 0.2) is 30.7 Å². The average Bonchev–Trinajstić information content (AvgIpc) is 2.55. The molecule has 2 aromatic heterocycles. The van der Waals surface area contributed by atoms with E-state index in [1.54, 1.807) is 0 Å². The molecule has 1 atom stereocenters. The molecule has 23 heavy (non-hydrogen) atoms. The zero-order valence-electron chi connectivity index (χ0n) is 12.0. The molecule has 0 aliphatic carbocycles. The number of anilines is 2. The first-order chi connectivity index (χ1) is 10.9. The Balaban J connectivity index is 1.77. The van der Waals surface area contributed by atoms with Gasteiger partial charge in [-0.1, -0.05) is 0 Å². The molecule has 2 aromatic rings. The monoisotopic (exact) mass is 325 g/mol. The van der Waals surface area contributed by atoms with Crippen LogP contribution in [-0.4, -0.2) is 34.6 Å². The molecule has 0 bridgehead atoms. The highest BCUT2D eigenvalue weighted by atomic mass is 19.4. The molecule has 1 aliphatic rings. The maximum atomic E-state index is 12.6. The van der Waals surface area contributed by atoms with Crippen LogP contribution in [-0.2, 0) is 10.9 Å². The van der Waals surface area contributed by atoms with E-state index in [9.17, 15) is 13.2 Å². The molecule has 9 heteroatoms. The molecule has 0 radical (unpaired) electrons. The van der Waals surface area contributed by atoms with E-state index in [1.165, 1.54) is 18.5 Å². The molecule has 0 saturated carbocycles. The van der Waals surface area contributed by atoms with Crippen LogP contribution < -0.4 is 10.6 Å². The minimum atomic E-state index is -4.40. The van der Waals surface area contributed by atoms with Gasteiger partial charge in [0.2, 0.25) is 0 Å². The lowest BCUT2D eigenvalue weighted by Gasteiger charge is -2.33. The lowest BCUT2D eigenvalue weighted by Crippen LogP contribution is -2.39. The Morgan fingerprint density at radius 2 is 1.96 bits per heavy atom. The van der Waals surface area contributed by atoms with Gasteiger partial charge in [-0.3, -0.25) is 4.98 Å². The number of hydrogen-bond donors (Lipinski definition) is 1. The molecular weight excluding hydrogens is 311 g/mol. The Morgan fingerprint density at radius 1 is 1.17 bits per heavy atom. The quantitative estimate of drug-likeness (QED) is 0.910. The standard InChI is InChI=1S/C14H14F3N5O/c15-14(16,17)9-1-2-11(21-7-9)22-5-6-23-10(8-22)12-13(18)20-4-3-19-12/h1-4,7,10H,5-6,8H2,(H2,18,20). The van der Waals surface area contributed by atoms with Crippen molar-refractivity contribution in [2.45, 2.75) is 12.3 Å². The SMILES string of the molecule is Nc1nccnc1C1CN(c2ccc(C(F)(F)F)cn2)CCO1. The first kappa shape index (κ1) is 15.5. The summed E-state index contributed by atoms with van der Waals surface area (Å²) in [7, 11) is 0. The smallest absolute Gasteiger partial charge is 0.382 e. The Labute approximate surface area is 130 Å². The summed E-state index contributed by atoms with van der Waals surface area (Å²) in [5.74, 6) is 0.730. The highest BCUT2D eigenvalue weighted by Crippen LogP contribution is 2.30. The van der Waals surface area contributed by atoms with E-state index in [2.05, 4.69) is 15.0 Å². The Morgan fingerprint density at radius 3 is 2.61 bits per heavy atom. The third-order valence-corrected chi connectivity index (χ3v) is 3.53. The van der Waals surface area contributed by atoms with Crippen LogP contribution in [0, 0.1) is 0 Å². The molecule has 3 rings (SSSR count). The summed E-state index contributed by atoms with van der Waals surface area (Å²) in [4.78, 5) is 13.9. The summed E-state index contributed by atoms with van der Waals surface area (Å²) >= 11 is 0. The second kappa shape index (κ2) is 5.99. The topological polar surface area (TPSA) is 77.2 Å². The number of nitrogen functional groups attached to an aromatic ring is 1. The number of hydrogen-bond acceptors (Lipinski definition) is 6. The molecule has 0 aromatic carbocycles. The van der Waals surface area contributed by atoms with Crippen molar-refractivity contribution in [3.63, 3.8) is 0 Å². The minimum absolute atomic E-state index is 0.278. The molecule has 6 nitrogen and oxygen atoms in total. The van der Waals surface area contributed by atoms with Gasteiger partial charge in [-0.05, 0) is 12.1 Å². The second-order valence-electron chi connectivity index (χ2n) is 5.04.